The van der Waals surface area contributed by atoms with Crippen LogP contribution in [0.1, 0.15) is 33.1 Å². The fraction of sp³-hybridized carbons (Fsp3) is 0.857. The Morgan fingerprint density at radius 3 is 2.57 bits per heavy atom. The number of aliphatic carboxylic acids is 1. The van der Waals surface area contributed by atoms with E-state index in [9.17, 15) is 18.0 Å². The lowest BCUT2D eigenvalue weighted by molar-refractivity contribution is -0.142. The molecular weight excluding hydrogens is 322 g/mol. The van der Waals surface area contributed by atoms with Crippen LogP contribution in [-0.4, -0.2) is 79.1 Å². The Kier molecular flexibility index (Phi) is 7.43. The van der Waals surface area contributed by atoms with Gasteiger partial charge in [0.25, 0.3) is 0 Å². The van der Waals surface area contributed by atoms with Crippen LogP contribution in [0.4, 0.5) is 0 Å². The summed E-state index contributed by atoms with van der Waals surface area (Å²) in [4.78, 5) is 24.6. The molecule has 0 unspecified atom stereocenters. The summed E-state index contributed by atoms with van der Waals surface area (Å²) >= 11 is 0. The molecule has 0 bridgehead atoms. The molecule has 1 rings (SSSR count). The first-order chi connectivity index (χ1) is 10.6. The standard InChI is InChI=1S/C14H27N3O5S/c1-11(2)17(23(3,21)22)9-5-7-15-13(18)10-16-8-4-6-12(16)14(19)20/h11-12H,4-10H2,1-3H3,(H,15,18)(H,19,20)/t12-/m0/s1. The molecule has 23 heavy (non-hydrogen) atoms. The number of carbonyl (C=O) groups excluding carboxylic acids is 1. The van der Waals surface area contributed by atoms with Gasteiger partial charge in [0.2, 0.25) is 15.9 Å². The Morgan fingerprint density at radius 2 is 2.04 bits per heavy atom. The van der Waals surface area contributed by atoms with Crippen molar-refractivity contribution in [3.05, 3.63) is 0 Å². The van der Waals surface area contributed by atoms with Gasteiger partial charge in [-0.25, -0.2) is 8.42 Å². The fourth-order valence-corrected chi connectivity index (χ4v) is 4.03. The smallest absolute Gasteiger partial charge is 0.320 e. The predicted molar refractivity (Wildman–Crippen MR) is 86.5 cm³/mol. The highest BCUT2D eigenvalue weighted by Crippen LogP contribution is 2.16. The van der Waals surface area contributed by atoms with E-state index in [1.807, 2.05) is 0 Å². The molecule has 1 fully saturated rings. The van der Waals surface area contributed by atoms with E-state index in [0.29, 0.717) is 32.5 Å². The van der Waals surface area contributed by atoms with Gasteiger partial charge in [0.15, 0.2) is 0 Å². The molecule has 0 saturated carbocycles. The number of carboxylic acid groups (broad SMARTS) is 1. The third-order valence-electron chi connectivity index (χ3n) is 3.87. The van der Waals surface area contributed by atoms with Gasteiger partial charge >= 0.3 is 5.97 Å². The number of rotatable bonds is 9. The van der Waals surface area contributed by atoms with E-state index in [2.05, 4.69) is 5.32 Å². The number of nitrogens with one attached hydrogen (secondary N) is 1. The van der Waals surface area contributed by atoms with Gasteiger partial charge in [0, 0.05) is 19.1 Å². The summed E-state index contributed by atoms with van der Waals surface area (Å²) < 4.78 is 24.6. The number of amides is 1. The molecule has 1 amide bonds. The lowest BCUT2D eigenvalue weighted by atomic mass is 10.2. The fourth-order valence-electron chi connectivity index (χ4n) is 2.81. The van der Waals surface area contributed by atoms with Gasteiger partial charge in [-0.15, -0.1) is 0 Å². The van der Waals surface area contributed by atoms with Crippen LogP contribution in [0.2, 0.25) is 0 Å². The molecule has 1 heterocycles. The minimum absolute atomic E-state index is 0.0664. The van der Waals surface area contributed by atoms with Crippen LogP contribution >= 0.6 is 0 Å². The normalized spacial score (nSPS) is 19.4. The SMILES string of the molecule is CC(C)N(CCCNC(=O)CN1CCC[C@H]1C(=O)O)S(C)(=O)=O. The van der Waals surface area contributed by atoms with Crippen LogP contribution in [0.3, 0.4) is 0 Å². The van der Waals surface area contributed by atoms with Gasteiger partial charge in [-0.1, -0.05) is 0 Å². The van der Waals surface area contributed by atoms with Crippen LogP contribution in [0.15, 0.2) is 0 Å². The van der Waals surface area contributed by atoms with Gasteiger partial charge in [-0.3, -0.25) is 14.5 Å². The monoisotopic (exact) mass is 349 g/mol. The molecule has 1 saturated heterocycles. The zero-order valence-electron chi connectivity index (χ0n) is 14.0. The topological polar surface area (TPSA) is 107 Å². The van der Waals surface area contributed by atoms with Gasteiger partial charge in [0.05, 0.1) is 12.8 Å². The lowest BCUT2D eigenvalue weighted by Gasteiger charge is -2.24. The summed E-state index contributed by atoms with van der Waals surface area (Å²) in [5, 5.41) is 11.8. The highest BCUT2D eigenvalue weighted by Gasteiger charge is 2.31. The molecule has 2 N–H and O–H groups in total. The van der Waals surface area contributed by atoms with Crippen LogP contribution in [0, 0.1) is 0 Å². The lowest BCUT2D eigenvalue weighted by Crippen LogP contribution is -2.43. The first-order valence-corrected chi connectivity index (χ1v) is 9.68. The number of carboxylic acids is 1. The Labute approximate surface area is 137 Å². The second-order valence-corrected chi connectivity index (χ2v) is 8.07. The number of sulfonamides is 1. The van der Waals surface area contributed by atoms with E-state index >= 15 is 0 Å². The van der Waals surface area contributed by atoms with Crippen molar-refractivity contribution in [1.29, 1.82) is 0 Å². The van der Waals surface area contributed by atoms with Crippen molar-refractivity contribution in [3.63, 3.8) is 0 Å². The molecular formula is C14H27N3O5S. The summed E-state index contributed by atoms with van der Waals surface area (Å²) in [6.07, 6.45) is 3.03. The molecule has 0 radical (unpaired) electrons. The van der Waals surface area contributed by atoms with Crippen molar-refractivity contribution in [3.8, 4) is 0 Å². The second kappa shape index (κ2) is 8.60. The zero-order chi connectivity index (χ0) is 17.6. The van der Waals surface area contributed by atoms with Crippen molar-refractivity contribution >= 4 is 21.9 Å². The summed E-state index contributed by atoms with van der Waals surface area (Å²) in [6, 6.07) is -0.705. The molecule has 1 atom stereocenters. The Bertz CT molecular complexity index is 521. The number of nitrogens with zero attached hydrogens (tertiary/aromatic N) is 2. The van der Waals surface area contributed by atoms with E-state index < -0.39 is 22.0 Å². The molecule has 1 aliphatic heterocycles. The minimum Gasteiger partial charge on any atom is -0.480 e. The van der Waals surface area contributed by atoms with Crippen LogP contribution < -0.4 is 5.32 Å². The van der Waals surface area contributed by atoms with Crippen LogP contribution in [0.5, 0.6) is 0 Å². The second-order valence-electron chi connectivity index (χ2n) is 6.14. The van der Waals surface area contributed by atoms with E-state index in [-0.39, 0.29) is 18.5 Å². The van der Waals surface area contributed by atoms with E-state index in [4.69, 9.17) is 5.11 Å². The number of likely N-dealkylation sites (tertiary alicyclic amines) is 1. The van der Waals surface area contributed by atoms with Crippen molar-refractivity contribution in [2.75, 3.05) is 32.4 Å². The first kappa shape index (κ1) is 19.9. The summed E-state index contributed by atoms with van der Waals surface area (Å²) in [5.41, 5.74) is 0. The first-order valence-electron chi connectivity index (χ1n) is 7.83. The van der Waals surface area contributed by atoms with Gasteiger partial charge in [-0.05, 0) is 39.7 Å². The zero-order valence-corrected chi connectivity index (χ0v) is 14.8. The van der Waals surface area contributed by atoms with Crippen LogP contribution in [-0.2, 0) is 19.6 Å². The van der Waals surface area contributed by atoms with Crippen molar-refractivity contribution in [2.24, 2.45) is 0 Å². The Morgan fingerprint density at radius 1 is 1.39 bits per heavy atom. The van der Waals surface area contributed by atoms with Crippen molar-refractivity contribution < 1.29 is 23.1 Å². The molecule has 0 aromatic rings. The summed E-state index contributed by atoms with van der Waals surface area (Å²) in [6.45, 7) is 5.00. The van der Waals surface area contributed by atoms with Gasteiger partial charge in [0.1, 0.15) is 6.04 Å². The maximum atomic E-state index is 11.9. The molecule has 134 valence electrons. The van der Waals surface area contributed by atoms with E-state index in [1.54, 1.807) is 18.7 Å². The van der Waals surface area contributed by atoms with E-state index in [1.165, 1.54) is 10.6 Å². The average Bonchev–Trinajstić information content (AvgIpc) is 2.84. The molecule has 0 aromatic carbocycles. The van der Waals surface area contributed by atoms with Crippen LogP contribution in [0.25, 0.3) is 0 Å². The molecule has 8 nitrogen and oxygen atoms in total. The quantitative estimate of drug-likeness (QED) is 0.554. The van der Waals surface area contributed by atoms with Gasteiger partial charge < -0.3 is 10.4 Å². The highest BCUT2D eigenvalue weighted by atomic mass is 32.2. The maximum absolute atomic E-state index is 11.9. The average molecular weight is 349 g/mol. The van der Waals surface area contributed by atoms with Crippen molar-refractivity contribution in [2.45, 2.75) is 45.2 Å². The molecule has 0 aliphatic carbocycles. The van der Waals surface area contributed by atoms with Gasteiger partial charge in [-0.2, -0.15) is 4.31 Å². The number of hydrogen-bond acceptors (Lipinski definition) is 5. The third kappa shape index (κ3) is 6.44. The number of carbonyl (C=O) groups is 2. The summed E-state index contributed by atoms with van der Waals surface area (Å²) in [5.74, 6) is -1.12. The maximum Gasteiger partial charge on any atom is 0.320 e. The molecule has 1 aliphatic rings. The predicted octanol–water partition coefficient (Wildman–Crippen LogP) is -0.288. The Hall–Kier alpha value is -1.19. The minimum atomic E-state index is -3.25. The highest BCUT2D eigenvalue weighted by molar-refractivity contribution is 7.88. The molecule has 0 aromatic heterocycles. The largest absolute Gasteiger partial charge is 0.480 e. The molecule has 0 spiro atoms. The molecule has 9 heteroatoms. The number of hydrogen-bond donors (Lipinski definition) is 2. The summed E-state index contributed by atoms with van der Waals surface area (Å²) in [7, 11) is -3.25. The third-order valence-corrected chi connectivity index (χ3v) is 5.33. The van der Waals surface area contributed by atoms with Crippen molar-refractivity contribution in [1.82, 2.24) is 14.5 Å². The van der Waals surface area contributed by atoms with E-state index in [0.717, 1.165) is 6.42 Å². The Balaban J connectivity index is 2.33.